The second-order valence-corrected chi connectivity index (χ2v) is 10.7. The maximum Gasteiger partial charge on any atom is 0.322 e. The van der Waals surface area contributed by atoms with Gasteiger partial charge in [0.25, 0.3) is 0 Å². The number of carboxylic acid groups (broad SMARTS) is 1. The van der Waals surface area contributed by atoms with Gasteiger partial charge in [-0.15, -0.1) is 0 Å². The third-order valence-electron chi connectivity index (χ3n) is 6.58. The van der Waals surface area contributed by atoms with Crippen LogP contribution in [0.3, 0.4) is 0 Å². The number of hydrogen-bond donors (Lipinski definition) is 2. The van der Waals surface area contributed by atoms with Crippen LogP contribution in [0.4, 0.5) is 0 Å². The van der Waals surface area contributed by atoms with Gasteiger partial charge >= 0.3 is 11.9 Å². The Morgan fingerprint density at radius 3 is 1.84 bits per heavy atom. The van der Waals surface area contributed by atoms with Gasteiger partial charge in [0.15, 0.2) is 0 Å². The second kappa shape index (κ2) is 31.8. The minimum atomic E-state index is -1.06. The molecule has 0 saturated carbocycles. The number of ether oxygens (including phenoxy) is 1. The molecule has 0 aromatic rings. The molecular weight excluding hydrogens is 538 g/mol. The van der Waals surface area contributed by atoms with Crippen molar-refractivity contribution in [1.82, 2.24) is 5.32 Å². The Kier molecular flexibility index (Phi) is 29.5. The standard InChI is InChI=1S/C37H59NO5/c1-3-5-7-9-11-13-15-16-17-18-19-21-23-25-29-34(30-27-28-31-35(39)38-33-36(40)41)43-37(42)32-26-24-22-20-14-12-10-8-6-4-2/h5,7-8,10-11,13,16-17,19,21,25,29,34H,3-4,6,9,12,14-15,18,20,22-24,26-28,30-33H2,1-2H3,(H,38,39)(H,40,41)/b7-5-,10-8-,13-11-,17-16-,21-19-,29-25-. The highest BCUT2D eigenvalue weighted by Crippen LogP contribution is 2.13. The average molecular weight is 598 g/mol. The van der Waals surface area contributed by atoms with E-state index in [4.69, 9.17) is 9.84 Å². The molecule has 0 rings (SSSR count). The lowest BCUT2D eigenvalue weighted by molar-refractivity contribution is -0.147. The largest absolute Gasteiger partial charge is 0.480 e. The summed E-state index contributed by atoms with van der Waals surface area (Å²) in [5, 5.41) is 11.1. The van der Waals surface area contributed by atoms with Crippen LogP contribution < -0.4 is 5.32 Å². The first-order valence-corrected chi connectivity index (χ1v) is 16.6. The molecule has 6 nitrogen and oxygen atoms in total. The van der Waals surface area contributed by atoms with Gasteiger partial charge in [-0.3, -0.25) is 14.4 Å². The minimum absolute atomic E-state index is 0.174. The number of hydrogen-bond acceptors (Lipinski definition) is 4. The summed E-state index contributed by atoms with van der Waals surface area (Å²) in [6.07, 6.45) is 41.7. The highest BCUT2D eigenvalue weighted by Gasteiger charge is 2.12. The quantitative estimate of drug-likeness (QED) is 0.0532. The lowest BCUT2D eigenvalue weighted by Crippen LogP contribution is -2.28. The van der Waals surface area contributed by atoms with Crippen molar-refractivity contribution in [3.63, 3.8) is 0 Å². The van der Waals surface area contributed by atoms with Crippen molar-refractivity contribution < 1.29 is 24.2 Å². The average Bonchev–Trinajstić information content (AvgIpc) is 2.99. The Bertz CT molecular complexity index is 881. The molecule has 0 aromatic carbocycles. The maximum atomic E-state index is 12.5. The fourth-order valence-electron chi connectivity index (χ4n) is 4.16. The Morgan fingerprint density at radius 1 is 0.651 bits per heavy atom. The molecular formula is C37H59NO5. The normalized spacial score (nSPS) is 13.0. The van der Waals surface area contributed by atoms with Crippen LogP contribution in [0.2, 0.25) is 0 Å². The number of rotatable bonds is 28. The van der Waals surface area contributed by atoms with E-state index in [0.717, 1.165) is 64.2 Å². The molecule has 1 atom stereocenters. The Balaban J connectivity index is 4.46. The van der Waals surface area contributed by atoms with E-state index < -0.39 is 5.97 Å². The summed E-state index contributed by atoms with van der Waals surface area (Å²) in [6, 6.07) is 0. The van der Waals surface area contributed by atoms with Crippen LogP contribution in [0.1, 0.15) is 129 Å². The van der Waals surface area contributed by atoms with Crippen LogP contribution in [-0.4, -0.2) is 35.6 Å². The lowest BCUT2D eigenvalue weighted by Gasteiger charge is -2.14. The van der Waals surface area contributed by atoms with E-state index in [9.17, 15) is 14.4 Å². The maximum absolute atomic E-state index is 12.5. The molecule has 0 spiro atoms. The molecule has 0 saturated heterocycles. The van der Waals surface area contributed by atoms with Gasteiger partial charge in [-0.25, -0.2) is 0 Å². The van der Waals surface area contributed by atoms with E-state index in [2.05, 4.69) is 79.9 Å². The highest BCUT2D eigenvalue weighted by atomic mass is 16.5. The van der Waals surface area contributed by atoms with Gasteiger partial charge < -0.3 is 15.2 Å². The van der Waals surface area contributed by atoms with Crippen molar-refractivity contribution >= 4 is 17.8 Å². The summed E-state index contributed by atoms with van der Waals surface area (Å²) in [7, 11) is 0. The number of unbranched alkanes of at least 4 members (excludes halogenated alkanes) is 7. The fraction of sp³-hybridized carbons (Fsp3) is 0.595. The minimum Gasteiger partial charge on any atom is -0.480 e. The van der Waals surface area contributed by atoms with E-state index in [0.29, 0.717) is 25.7 Å². The zero-order valence-corrected chi connectivity index (χ0v) is 27.0. The molecule has 43 heavy (non-hydrogen) atoms. The second-order valence-electron chi connectivity index (χ2n) is 10.7. The van der Waals surface area contributed by atoms with Gasteiger partial charge in [0.2, 0.25) is 5.91 Å². The first-order valence-electron chi connectivity index (χ1n) is 16.6. The highest BCUT2D eigenvalue weighted by molar-refractivity contribution is 5.80. The lowest BCUT2D eigenvalue weighted by atomic mass is 10.1. The number of nitrogens with one attached hydrogen (secondary N) is 1. The predicted molar refractivity (Wildman–Crippen MR) is 180 cm³/mol. The van der Waals surface area contributed by atoms with Crippen LogP contribution in [-0.2, 0) is 19.1 Å². The molecule has 2 N–H and O–H groups in total. The van der Waals surface area contributed by atoms with Gasteiger partial charge in [-0.1, -0.05) is 106 Å². The molecule has 1 amide bonds. The summed E-state index contributed by atoms with van der Waals surface area (Å²) in [5.41, 5.74) is 0. The summed E-state index contributed by atoms with van der Waals surface area (Å²) in [6.45, 7) is 3.96. The first kappa shape index (κ1) is 39.8. The van der Waals surface area contributed by atoms with Crippen molar-refractivity contribution in [2.24, 2.45) is 0 Å². The van der Waals surface area contributed by atoms with Gasteiger partial charge in [0.1, 0.15) is 12.6 Å². The van der Waals surface area contributed by atoms with Crippen molar-refractivity contribution in [1.29, 1.82) is 0 Å². The number of aliphatic carboxylic acids is 1. The molecule has 1 unspecified atom stereocenters. The van der Waals surface area contributed by atoms with E-state index in [-0.39, 0.29) is 30.9 Å². The summed E-state index contributed by atoms with van der Waals surface area (Å²) in [5.74, 6) is -1.51. The monoisotopic (exact) mass is 597 g/mol. The molecule has 0 aliphatic carbocycles. The predicted octanol–water partition coefficient (Wildman–Crippen LogP) is 9.50. The van der Waals surface area contributed by atoms with Crippen molar-refractivity contribution in [2.75, 3.05) is 6.54 Å². The van der Waals surface area contributed by atoms with Gasteiger partial charge in [-0.05, 0) is 83.1 Å². The third-order valence-corrected chi connectivity index (χ3v) is 6.58. The first-order chi connectivity index (χ1) is 21.0. The summed E-state index contributed by atoms with van der Waals surface area (Å²) < 4.78 is 5.77. The third kappa shape index (κ3) is 31.6. The summed E-state index contributed by atoms with van der Waals surface area (Å²) >= 11 is 0. The zero-order valence-electron chi connectivity index (χ0n) is 27.0. The van der Waals surface area contributed by atoms with Crippen molar-refractivity contribution in [3.8, 4) is 0 Å². The Morgan fingerprint density at radius 2 is 1.21 bits per heavy atom. The zero-order chi connectivity index (χ0) is 31.6. The topological polar surface area (TPSA) is 92.7 Å². The molecule has 0 aromatic heterocycles. The summed E-state index contributed by atoms with van der Waals surface area (Å²) in [4.78, 5) is 34.9. The number of amides is 1. The molecule has 0 heterocycles. The molecule has 6 heteroatoms. The van der Waals surface area contributed by atoms with Crippen molar-refractivity contribution in [2.45, 2.75) is 136 Å². The van der Waals surface area contributed by atoms with Gasteiger partial charge in [0, 0.05) is 12.8 Å². The molecule has 0 aliphatic heterocycles. The van der Waals surface area contributed by atoms with E-state index in [1.54, 1.807) is 0 Å². The number of carbonyl (C=O) groups excluding carboxylic acids is 2. The van der Waals surface area contributed by atoms with Gasteiger partial charge in [-0.2, -0.15) is 0 Å². The van der Waals surface area contributed by atoms with E-state index >= 15 is 0 Å². The van der Waals surface area contributed by atoms with Crippen LogP contribution in [0.25, 0.3) is 0 Å². The number of allylic oxidation sites excluding steroid dienone is 11. The molecule has 0 radical (unpaired) electrons. The van der Waals surface area contributed by atoms with E-state index in [1.165, 1.54) is 19.3 Å². The molecule has 0 aliphatic rings. The van der Waals surface area contributed by atoms with Crippen LogP contribution >= 0.6 is 0 Å². The van der Waals surface area contributed by atoms with Crippen molar-refractivity contribution in [3.05, 3.63) is 72.9 Å². The number of esters is 1. The van der Waals surface area contributed by atoms with Crippen LogP contribution in [0.5, 0.6) is 0 Å². The van der Waals surface area contributed by atoms with Crippen LogP contribution in [0.15, 0.2) is 72.9 Å². The Hall–Kier alpha value is -3.15. The number of carboxylic acids is 1. The molecule has 0 fully saturated rings. The Labute approximate surface area is 262 Å². The smallest absolute Gasteiger partial charge is 0.322 e. The molecule has 0 bridgehead atoms. The number of carbonyl (C=O) groups is 3. The van der Waals surface area contributed by atoms with E-state index in [1.807, 2.05) is 12.2 Å². The van der Waals surface area contributed by atoms with Gasteiger partial charge in [0.05, 0.1) is 0 Å². The molecule has 242 valence electrons. The SMILES string of the molecule is CC/C=C\C/C=C\C/C=C\C/C=C\C/C=C\C(CCCCC(=O)NCC(=O)O)OC(=O)CCCCCCC/C=C\CCC. The van der Waals surface area contributed by atoms with Crippen LogP contribution in [0, 0.1) is 0 Å². The fourth-order valence-corrected chi connectivity index (χ4v) is 4.16.